The lowest BCUT2D eigenvalue weighted by atomic mass is 10.0. The smallest absolute Gasteiger partial charge is 0.276 e. The van der Waals surface area contributed by atoms with Crippen molar-refractivity contribution >= 4 is 11.8 Å². The molecule has 0 radical (unpaired) electrons. The summed E-state index contributed by atoms with van der Waals surface area (Å²) in [6, 6.07) is 4.85. The van der Waals surface area contributed by atoms with E-state index in [1.807, 2.05) is 6.92 Å². The highest BCUT2D eigenvalue weighted by Gasteiger charge is 2.17. The second-order valence-corrected chi connectivity index (χ2v) is 4.89. The van der Waals surface area contributed by atoms with Crippen LogP contribution in [0.4, 0.5) is 0 Å². The van der Waals surface area contributed by atoms with E-state index < -0.39 is 5.91 Å². The summed E-state index contributed by atoms with van der Waals surface area (Å²) < 4.78 is 1.73. The van der Waals surface area contributed by atoms with Crippen LogP contribution in [-0.2, 0) is 7.05 Å². The number of hydrogen-bond donors (Lipinski definition) is 3. The van der Waals surface area contributed by atoms with Crippen LogP contribution in [0.2, 0.25) is 0 Å². The highest BCUT2D eigenvalue weighted by Crippen LogP contribution is 2.17. The van der Waals surface area contributed by atoms with Gasteiger partial charge in [-0.3, -0.25) is 19.8 Å². The molecule has 0 saturated carbocycles. The lowest BCUT2D eigenvalue weighted by Crippen LogP contribution is -2.30. The standard InChI is InChI=1S/C15H18N4O3/c1-3-12(17-15(21)13-5-4-6-19(13)2)10-7-11(9-16-8-10)14(20)18-22/h4-9,12,22H,3H2,1-2H3,(H,17,21)(H,18,20)/t12-/m0/s1. The quantitative estimate of drug-likeness (QED) is 0.575. The van der Waals surface area contributed by atoms with Gasteiger partial charge in [0, 0.05) is 25.6 Å². The van der Waals surface area contributed by atoms with Crippen LogP contribution in [-0.4, -0.2) is 26.6 Å². The molecular formula is C15H18N4O3. The van der Waals surface area contributed by atoms with Crippen LogP contribution >= 0.6 is 0 Å². The fraction of sp³-hybridized carbons (Fsp3) is 0.267. The van der Waals surface area contributed by atoms with E-state index in [4.69, 9.17) is 5.21 Å². The molecule has 0 saturated heterocycles. The molecule has 2 aromatic heterocycles. The molecule has 0 aliphatic rings. The second-order valence-electron chi connectivity index (χ2n) is 4.89. The Morgan fingerprint density at radius 3 is 2.73 bits per heavy atom. The molecule has 0 spiro atoms. The molecule has 3 N–H and O–H groups in total. The number of pyridine rings is 1. The van der Waals surface area contributed by atoms with Crippen molar-refractivity contribution in [3.63, 3.8) is 0 Å². The molecule has 0 fully saturated rings. The molecule has 7 nitrogen and oxygen atoms in total. The Balaban J connectivity index is 2.20. The maximum atomic E-state index is 12.3. The lowest BCUT2D eigenvalue weighted by molar-refractivity contribution is 0.0705. The number of aryl methyl sites for hydroxylation is 1. The second kappa shape index (κ2) is 6.86. The molecule has 2 amide bonds. The van der Waals surface area contributed by atoms with Crippen molar-refractivity contribution in [2.45, 2.75) is 19.4 Å². The van der Waals surface area contributed by atoms with Crippen LogP contribution in [0.1, 0.15) is 45.8 Å². The topological polar surface area (TPSA) is 96.2 Å². The van der Waals surface area contributed by atoms with Gasteiger partial charge in [-0.05, 0) is 30.2 Å². The van der Waals surface area contributed by atoms with Gasteiger partial charge in [0.05, 0.1) is 11.6 Å². The maximum Gasteiger partial charge on any atom is 0.276 e. The van der Waals surface area contributed by atoms with Crippen molar-refractivity contribution in [2.24, 2.45) is 7.05 Å². The third-order valence-electron chi connectivity index (χ3n) is 3.42. The van der Waals surface area contributed by atoms with Crippen molar-refractivity contribution in [2.75, 3.05) is 0 Å². The van der Waals surface area contributed by atoms with Gasteiger partial charge in [-0.1, -0.05) is 6.92 Å². The minimum Gasteiger partial charge on any atom is -0.347 e. The first-order valence-electron chi connectivity index (χ1n) is 6.88. The van der Waals surface area contributed by atoms with Crippen molar-refractivity contribution < 1.29 is 14.8 Å². The van der Waals surface area contributed by atoms with Crippen LogP contribution in [0.3, 0.4) is 0 Å². The molecule has 2 heterocycles. The Kier molecular flexibility index (Phi) is 4.90. The monoisotopic (exact) mass is 302 g/mol. The Morgan fingerprint density at radius 2 is 2.14 bits per heavy atom. The van der Waals surface area contributed by atoms with E-state index in [1.54, 1.807) is 47.7 Å². The van der Waals surface area contributed by atoms with E-state index in [0.717, 1.165) is 0 Å². The zero-order valence-electron chi connectivity index (χ0n) is 12.4. The summed E-state index contributed by atoms with van der Waals surface area (Å²) in [5, 5.41) is 11.6. The van der Waals surface area contributed by atoms with Crippen molar-refractivity contribution in [1.82, 2.24) is 20.3 Å². The number of carbonyl (C=O) groups excluding carboxylic acids is 2. The van der Waals surface area contributed by atoms with Crippen LogP contribution in [0.5, 0.6) is 0 Å². The van der Waals surface area contributed by atoms with Gasteiger partial charge in [0.15, 0.2) is 0 Å². The molecule has 0 aromatic carbocycles. The fourth-order valence-corrected chi connectivity index (χ4v) is 2.19. The minimum absolute atomic E-state index is 0.198. The first-order valence-corrected chi connectivity index (χ1v) is 6.88. The highest BCUT2D eigenvalue weighted by molar-refractivity contribution is 5.94. The van der Waals surface area contributed by atoms with E-state index >= 15 is 0 Å². The van der Waals surface area contributed by atoms with E-state index in [1.165, 1.54) is 6.20 Å². The average Bonchev–Trinajstić information content (AvgIpc) is 2.97. The van der Waals surface area contributed by atoms with Crippen LogP contribution in [0.25, 0.3) is 0 Å². The summed E-state index contributed by atoms with van der Waals surface area (Å²) in [6.07, 6.45) is 5.38. The molecule has 116 valence electrons. The third kappa shape index (κ3) is 3.32. The van der Waals surface area contributed by atoms with Gasteiger partial charge < -0.3 is 9.88 Å². The number of carbonyl (C=O) groups is 2. The van der Waals surface area contributed by atoms with Gasteiger partial charge in [0.25, 0.3) is 11.8 Å². The molecule has 0 unspecified atom stereocenters. The molecular weight excluding hydrogens is 284 g/mol. The summed E-state index contributed by atoms with van der Waals surface area (Å²) in [5.41, 5.74) is 3.05. The van der Waals surface area contributed by atoms with Crippen molar-refractivity contribution in [1.29, 1.82) is 0 Å². The highest BCUT2D eigenvalue weighted by atomic mass is 16.5. The van der Waals surface area contributed by atoms with Gasteiger partial charge in [-0.15, -0.1) is 0 Å². The van der Waals surface area contributed by atoms with E-state index in [2.05, 4.69) is 10.3 Å². The Hall–Kier alpha value is -2.67. The predicted octanol–water partition coefficient (Wildman–Crippen LogP) is 1.42. The molecule has 0 aliphatic carbocycles. The first-order chi connectivity index (χ1) is 10.6. The molecule has 7 heteroatoms. The largest absolute Gasteiger partial charge is 0.347 e. The zero-order chi connectivity index (χ0) is 16.1. The fourth-order valence-electron chi connectivity index (χ4n) is 2.19. The van der Waals surface area contributed by atoms with E-state index in [9.17, 15) is 9.59 Å². The lowest BCUT2D eigenvalue weighted by Gasteiger charge is -2.18. The molecule has 2 rings (SSSR count). The summed E-state index contributed by atoms with van der Waals surface area (Å²) in [7, 11) is 1.80. The molecule has 22 heavy (non-hydrogen) atoms. The van der Waals surface area contributed by atoms with E-state index in [-0.39, 0.29) is 17.5 Å². The van der Waals surface area contributed by atoms with Gasteiger partial charge in [0.2, 0.25) is 0 Å². The van der Waals surface area contributed by atoms with Gasteiger partial charge in [-0.25, -0.2) is 5.48 Å². The number of nitrogens with zero attached hydrogens (tertiary/aromatic N) is 2. The number of hydrogen-bond acceptors (Lipinski definition) is 4. The molecule has 1 atom stereocenters. The van der Waals surface area contributed by atoms with E-state index in [0.29, 0.717) is 17.7 Å². The SMILES string of the molecule is CC[C@H](NC(=O)c1cccn1C)c1cncc(C(=O)NO)c1. The predicted molar refractivity (Wildman–Crippen MR) is 79.4 cm³/mol. The van der Waals surface area contributed by atoms with Gasteiger partial charge >= 0.3 is 0 Å². The average molecular weight is 302 g/mol. The summed E-state index contributed by atoms with van der Waals surface area (Å²) >= 11 is 0. The maximum absolute atomic E-state index is 12.3. The first kappa shape index (κ1) is 15.7. The Bertz CT molecular complexity index is 681. The zero-order valence-corrected chi connectivity index (χ0v) is 12.4. The van der Waals surface area contributed by atoms with Gasteiger partial charge in [0.1, 0.15) is 5.69 Å². The van der Waals surface area contributed by atoms with Crippen molar-refractivity contribution in [3.8, 4) is 0 Å². The molecule has 2 aromatic rings. The number of nitrogens with one attached hydrogen (secondary N) is 2. The summed E-state index contributed by atoms with van der Waals surface area (Å²) in [5.74, 6) is -0.839. The van der Waals surface area contributed by atoms with Crippen LogP contribution < -0.4 is 10.8 Å². The summed E-state index contributed by atoms with van der Waals surface area (Å²) in [6.45, 7) is 1.93. The minimum atomic E-state index is -0.641. The normalized spacial score (nSPS) is 11.8. The third-order valence-corrected chi connectivity index (χ3v) is 3.42. The van der Waals surface area contributed by atoms with Gasteiger partial charge in [-0.2, -0.15) is 0 Å². The Labute approximate surface area is 127 Å². The number of amides is 2. The molecule has 0 bridgehead atoms. The molecule has 0 aliphatic heterocycles. The summed E-state index contributed by atoms with van der Waals surface area (Å²) in [4.78, 5) is 27.7. The van der Waals surface area contributed by atoms with Crippen molar-refractivity contribution in [3.05, 3.63) is 53.6 Å². The number of hydroxylamine groups is 1. The number of rotatable bonds is 5. The Morgan fingerprint density at radius 1 is 1.36 bits per heavy atom. The van der Waals surface area contributed by atoms with Crippen LogP contribution in [0.15, 0.2) is 36.8 Å². The number of aromatic nitrogens is 2. The van der Waals surface area contributed by atoms with Crippen LogP contribution in [0, 0.1) is 0 Å².